The summed E-state index contributed by atoms with van der Waals surface area (Å²) in [5.74, 6) is -1.31. The minimum absolute atomic E-state index is 0.114. The largest absolute Gasteiger partial charge is 0.417 e. The van der Waals surface area contributed by atoms with E-state index in [1.807, 2.05) is 0 Å². The normalized spacial score (nSPS) is 10.9. The Hall–Kier alpha value is -2.99. The van der Waals surface area contributed by atoms with Crippen molar-refractivity contribution >= 4 is 22.7 Å². The van der Waals surface area contributed by atoms with Crippen LogP contribution in [0, 0.1) is 11.3 Å². The van der Waals surface area contributed by atoms with Crippen LogP contribution in [0.4, 0.5) is 8.78 Å². The molecule has 2 aromatic heterocycles. The Bertz CT molecular complexity index is 993. The number of nitrogens with zero attached hydrogens (tertiary/aromatic N) is 3. The Balaban J connectivity index is 2.18. The third kappa shape index (κ3) is 2.72. The summed E-state index contributed by atoms with van der Waals surface area (Å²) in [5.41, 5.74) is 0.386. The van der Waals surface area contributed by atoms with E-state index in [-0.39, 0.29) is 21.8 Å². The van der Waals surface area contributed by atoms with Crippen molar-refractivity contribution in [1.29, 1.82) is 5.26 Å². The molecule has 10 heteroatoms. The summed E-state index contributed by atoms with van der Waals surface area (Å²) < 4.78 is 33.6. The van der Waals surface area contributed by atoms with Crippen LogP contribution in [-0.2, 0) is 0 Å². The van der Waals surface area contributed by atoms with E-state index in [4.69, 9.17) is 21.3 Å². The molecule has 0 unspecified atom stereocenters. The average Bonchev–Trinajstić information content (AvgIpc) is 2.90. The smallest absolute Gasteiger partial charge is 0.414 e. The molecule has 23 heavy (non-hydrogen) atoms. The molecule has 0 bridgehead atoms. The molecule has 0 fully saturated rings. The predicted octanol–water partition coefficient (Wildman–Crippen LogP) is 2.70. The number of hydrogen-bond acceptors (Lipinski definition) is 6. The fourth-order valence-electron chi connectivity index (χ4n) is 1.95. The van der Waals surface area contributed by atoms with Crippen LogP contribution in [0.25, 0.3) is 22.4 Å². The number of nitriles is 1. The van der Waals surface area contributed by atoms with Gasteiger partial charge in [-0.1, -0.05) is 11.6 Å². The van der Waals surface area contributed by atoms with Gasteiger partial charge in [-0.2, -0.15) is 14.0 Å². The first-order valence-electron chi connectivity index (χ1n) is 6.03. The lowest BCUT2D eigenvalue weighted by Crippen LogP contribution is -2.06. The molecule has 0 aliphatic rings. The Morgan fingerprint density at radius 1 is 1.43 bits per heavy atom. The summed E-state index contributed by atoms with van der Waals surface area (Å²) >= 11 is 5.95. The van der Waals surface area contributed by atoms with Crippen molar-refractivity contribution in [3.05, 3.63) is 39.6 Å². The fraction of sp³-hybridized carbons (Fsp3) is 0.0769. The number of alkyl halides is 2. The number of aromatic amines is 1. The molecule has 1 N–H and O–H groups in total. The van der Waals surface area contributed by atoms with Gasteiger partial charge in [0.1, 0.15) is 11.6 Å². The van der Waals surface area contributed by atoms with E-state index in [2.05, 4.69) is 19.7 Å². The van der Waals surface area contributed by atoms with E-state index < -0.39 is 23.9 Å². The van der Waals surface area contributed by atoms with Gasteiger partial charge >= 0.3 is 12.4 Å². The molecule has 0 saturated heterocycles. The van der Waals surface area contributed by atoms with Gasteiger partial charge in [-0.25, -0.2) is 14.8 Å². The number of H-pyrrole nitrogens is 1. The van der Waals surface area contributed by atoms with Crippen molar-refractivity contribution in [2.75, 3.05) is 0 Å². The Kier molecular flexibility index (Phi) is 3.67. The van der Waals surface area contributed by atoms with Gasteiger partial charge in [0, 0.05) is 5.56 Å². The average molecular weight is 339 g/mol. The van der Waals surface area contributed by atoms with Crippen molar-refractivity contribution in [2.24, 2.45) is 0 Å². The minimum Gasteiger partial charge on any atom is -0.414 e. The number of fused-ring (bicyclic) bond motifs is 1. The van der Waals surface area contributed by atoms with Crippen molar-refractivity contribution < 1.29 is 17.9 Å². The topological polar surface area (TPSA) is 105 Å². The van der Waals surface area contributed by atoms with Crippen LogP contribution >= 0.6 is 11.6 Å². The van der Waals surface area contributed by atoms with Crippen molar-refractivity contribution in [2.45, 2.75) is 6.61 Å². The first kappa shape index (κ1) is 14.9. The van der Waals surface area contributed by atoms with Crippen molar-refractivity contribution in [3.63, 3.8) is 0 Å². The molecule has 0 saturated carbocycles. The summed E-state index contributed by atoms with van der Waals surface area (Å²) in [6, 6.07) is 4.61. The van der Waals surface area contributed by atoms with Crippen LogP contribution in [0.15, 0.2) is 27.5 Å². The van der Waals surface area contributed by atoms with Crippen molar-refractivity contribution in [1.82, 2.24) is 15.0 Å². The molecule has 3 rings (SSSR count). The number of nitrogens with one attached hydrogen (secondary N) is 1. The molecule has 0 aliphatic carbocycles. The second-order valence-electron chi connectivity index (χ2n) is 4.21. The predicted molar refractivity (Wildman–Crippen MR) is 74.2 cm³/mol. The number of halogens is 3. The van der Waals surface area contributed by atoms with Crippen LogP contribution in [0.2, 0.25) is 5.02 Å². The summed E-state index contributed by atoms with van der Waals surface area (Å²) in [4.78, 5) is 21.3. The molecule has 7 nitrogen and oxygen atoms in total. The van der Waals surface area contributed by atoms with Crippen LogP contribution in [-0.4, -0.2) is 21.6 Å². The highest BCUT2D eigenvalue weighted by Gasteiger charge is 2.17. The summed E-state index contributed by atoms with van der Waals surface area (Å²) in [5, 5.41) is 9.24. The minimum atomic E-state index is -3.13. The first-order valence-corrected chi connectivity index (χ1v) is 6.41. The molecule has 0 aliphatic heterocycles. The number of rotatable bonds is 3. The molecular weight excluding hydrogens is 334 g/mol. The van der Waals surface area contributed by atoms with E-state index in [0.29, 0.717) is 5.56 Å². The third-order valence-electron chi connectivity index (χ3n) is 2.85. The summed E-state index contributed by atoms with van der Waals surface area (Å²) in [7, 11) is 0. The molecule has 116 valence electrons. The Labute approximate surface area is 131 Å². The van der Waals surface area contributed by atoms with Gasteiger partial charge in [0.05, 0.1) is 16.9 Å². The first-order chi connectivity index (χ1) is 11.0. The van der Waals surface area contributed by atoms with E-state index in [1.165, 1.54) is 12.1 Å². The molecule has 2 heterocycles. The lowest BCUT2D eigenvalue weighted by molar-refractivity contribution is -0.0533. The lowest BCUT2D eigenvalue weighted by Gasteiger charge is -2.07. The quantitative estimate of drug-likeness (QED) is 0.787. The van der Waals surface area contributed by atoms with Crippen LogP contribution in [0.5, 0.6) is 5.88 Å². The number of oxazole rings is 1. The van der Waals surface area contributed by atoms with E-state index >= 15 is 0 Å². The molecule has 0 amide bonds. The molecule has 0 radical (unpaired) electrons. The zero-order valence-corrected chi connectivity index (χ0v) is 11.8. The van der Waals surface area contributed by atoms with Crippen LogP contribution < -0.4 is 10.5 Å². The maximum atomic E-state index is 12.2. The number of benzene rings is 1. The van der Waals surface area contributed by atoms with E-state index in [9.17, 15) is 13.6 Å². The molecule has 0 spiro atoms. The maximum Gasteiger partial charge on any atom is 0.417 e. The van der Waals surface area contributed by atoms with Crippen LogP contribution in [0.1, 0.15) is 5.69 Å². The summed E-state index contributed by atoms with van der Waals surface area (Å²) in [6.45, 7) is -3.13. The third-order valence-corrected chi connectivity index (χ3v) is 3.17. The summed E-state index contributed by atoms with van der Waals surface area (Å²) in [6.07, 6.45) is 1.12. The highest BCUT2D eigenvalue weighted by atomic mass is 35.5. The maximum absolute atomic E-state index is 12.2. The zero-order valence-electron chi connectivity index (χ0n) is 11.0. The zero-order chi connectivity index (χ0) is 16.6. The molecule has 3 aromatic rings. The number of hydrogen-bond donors (Lipinski definition) is 1. The van der Waals surface area contributed by atoms with Gasteiger partial charge in [-0.05, 0) is 12.1 Å². The molecule has 1 aromatic carbocycles. The van der Waals surface area contributed by atoms with Gasteiger partial charge < -0.3 is 9.15 Å². The lowest BCUT2D eigenvalue weighted by atomic mass is 10.1. The van der Waals surface area contributed by atoms with Gasteiger partial charge in [0.25, 0.3) is 5.88 Å². The van der Waals surface area contributed by atoms with Gasteiger partial charge in [-0.15, -0.1) is 0 Å². The van der Waals surface area contributed by atoms with Gasteiger partial charge in [0.2, 0.25) is 5.69 Å². The van der Waals surface area contributed by atoms with Gasteiger partial charge in [0.15, 0.2) is 5.58 Å². The second kappa shape index (κ2) is 5.66. The number of aromatic nitrogens is 3. The molecule has 0 atom stereocenters. The highest BCUT2D eigenvalue weighted by Crippen LogP contribution is 2.31. The van der Waals surface area contributed by atoms with E-state index in [1.54, 1.807) is 6.07 Å². The Morgan fingerprint density at radius 3 is 2.91 bits per heavy atom. The molecular formula is C13H5ClF2N4O3. The van der Waals surface area contributed by atoms with Crippen LogP contribution in [0.3, 0.4) is 0 Å². The fourth-order valence-corrected chi connectivity index (χ4v) is 2.15. The highest BCUT2D eigenvalue weighted by molar-refractivity contribution is 6.35. The second-order valence-corrected chi connectivity index (χ2v) is 4.62. The number of ether oxygens (including phenoxy) is 1. The van der Waals surface area contributed by atoms with E-state index in [0.717, 1.165) is 6.20 Å². The van der Waals surface area contributed by atoms with Crippen molar-refractivity contribution in [3.8, 4) is 23.2 Å². The monoisotopic (exact) mass is 338 g/mol. The van der Waals surface area contributed by atoms with Gasteiger partial charge in [-0.3, -0.25) is 4.98 Å². The Morgan fingerprint density at radius 2 is 2.22 bits per heavy atom. The SMILES string of the molecule is N#Cc1nc(-c2ccc(Cl)c3[nH]c(=O)oc23)cnc1OC(F)F. The standard InChI is InChI=1S/C13H5ClF2N4O3/c14-6-2-1-5(10-9(6)20-13(21)22-10)8-4-18-11(23-12(15)16)7(3-17)19-8/h1-2,4,12H,(H,20,21).